The number of unbranched alkanes of at least 4 members (excludes halogenated alkanes) is 1. The fraction of sp³-hybridized carbons (Fsp3) is 0.846. The van der Waals surface area contributed by atoms with Crippen molar-refractivity contribution in [3.63, 3.8) is 0 Å². The summed E-state index contributed by atoms with van der Waals surface area (Å²) in [7, 11) is 0. The fourth-order valence-electron chi connectivity index (χ4n) is 2.44. The van der Waals surface area contributed by atoms with Crippen LogP contribution in [0.2, 0.25) is 0 Å². The van der Waals surface area contributed by atoms with Crippen LogP contribution in [-0.2, 0) is 9.59 Å². The smallest absolute Gasteiger partial charge is 0.329 e. The second-order valence-corrected chi connectivity index (χ2v) is 5.27. The number of piperidine rings is 1. The maximum Gasteiger partial charge on any atom is 0.329 e. The fourth-order valence-corrected chi connectivity index (χ4v) is 2.44. The Bertz CT molecular complexity index is 319. The maximum atomic E-state index is 12.3. The lowest BCUT2D eigenvalue weighted by Crippen LogP contribution is -2.60. The molecule has 1 amide bonds. The summed E-state index contributed by atoms with van der Waals surface area (Å²) in [5.41, 5.74) is 4.79. The van der Waals surface area contributed by atoms with Crippen LogP contribution in [0.3, 0.4) is 0 Å². The van der Waals surface area contributed by atoms with Crippen LogP contribution in [0, 0.1) is 0 Å². The van der Waals surface area contributed by atoms with Gasteiger partial charge in [0.1, 0.15) is 5.54 Å². The topological polar surface area (TPSA) is 83.6 Å². The van der Waals surface area contributed by atoms with Crippen molar-refractivity contribution in [3.05, 3.63) is 0 Å². The molecule has 0 aromatic carbocycles. The van der Waals surface area contributed by atoms with Crippen molar-refractivity contribution >= 4 is 11.9 Å². The van der Waals surface area contributed by atoms with Gasteiger partial charge in [0.25, 0.3) is 0 Å². The van der Waals surface area contributed by atoms with E-state index in [1.54, 1.807) is 6.92 Å². The number of carbonyl (C=O) groups excluding carboxylic acids is 1. The number of likely N-dealkylation sites (tertiary alicyclic amines) is 1. The molecule has 5 heteroatoms. The van der Waals surface area contributed by atoms with Crippen molar-refractivity contribution in [2.24, 2.45) is 5.73 Å². The molecule has 104 valence electrons. The Morgan fingerprint density at radius 2 is 2.11 bits per heavy atom. The lowest BCUT2D eigenvalue weighted by molar-refractivity contribution is -0.161. The van der Waals surface area contributed by atoms with E-state index in [2.05, 4.69) is 0 Å². The van der Waals surface area contributed by atoms with Crippen LogP contribution >= 0.6 is 0 Å². The minimum Gasteiger partial charge on any atom is -0.480 e. The van der Waals surface area contributed by atoms with E-state index in [0.717, 1.165) is 25.7 Å². The van der Waals surface area contributed by atoms with Crippen LogP contribution in [0.15, 0.2) is 0 Å². The van der Waals surface area contributed by atoms with Gasteiger partial charge in [-0.1, -0.05) is 19.8 Å². The van der Waals surface area contributed by atoms with Gasteiger partial charge in [0.2, 0.25) is 5.91 Å². The van der Waals surface area contributed by atoms with Gasteiger partial charge < -0.3 is 15.7 Å². The number of hydrogen-bond acceptors (Lipinski definition) is 3. The number of nitrogens with two attached hydrogens (primary N) is 1. The molecule has 18 heavy (non-hydrogen) atoms. The van der Waals surface area contributed by atoms with Crippen molar-refractivity contribution in [2.45, 2.75) is 64.0 Å². The zero-order valence-electron chi connectivity index (χ0n) is 11.3. The summed E-state index contributed by atoms with van der Waals surface area (Å²) < 4.78 is 0. The predicted molar refractivity (Wildman–Crippen MR) is 69.1 cm³/mol. The summed E-state index contributed by atoms with van der Waals surface area (Å²) in [6.07, 6.45) is 4.71. The Balaban J connectivity index is 2.77. The second kappa shape index (κ2) is 6.18. The van der Waals surface area contributed by atoms with Gasteiger partial charge in [-0.05, 0) is 32.6 Å². The summed E-state index contributed by atoms with van der Waals surface area (Å²) in [5.74, 6) is -1.15. The molecular weight excluding hydrogens is 232 g/mol. The van der Waals surface area contributed by atoms with Crippen molar-refractivity contribution in [2.75, 3.05) is 6.54 Å². The predicted octanol–water partition coefficient (Wildman–Crippen LogP) is 1.36. The Kier molecular flexibility index (Phi) is 5.14. The van der Waals surface area contributed by atoms with Crippen molar-refractivity contribution in [1.82, 2.24) is 4.90 Å². The average Bonchev–Trinajstić information content (AvgIpc) is 2.35. The largest absolute Gasteiger partial charge is 0.480 e. The van der Waals surface area contributed by atoms with Gasteiger partial charge in [0, 0.05) is 6.54 Å². The number of aliphatic carboxylic acids is 1. The van der Waals surface area contributed by atoms with Crippen molar-refractivity contribution < 1.29 is 14.7 Å². The van der Waals surface area contributed by atoms with Crippen LogP contribution in [-0.4, -0.2) is 40.0 Å². The molecule has 1 aliphatic heterocycles. The van der Waals surface area contributed by atoms with Gasteiger partial charge in [-0.3, -0.25) is 4.79 Å². The molecule has 0 aromatic heterocycles. The summed E-state index contributed by atoms with van der Waals surface area (Å²) in [4.78, 5) is 25.1. The Hall–Kier alpha value is -1.10. The van der Waals surface area contributed by atoms with Gasteiger partial charge in [-0.25, -0.2) is 4.79 Å². The SMILES string of the molecule is CCCC[C@H](N)C(=O)N1CCCCC1(C)C(=O)O. The third-order valence-electron chi connectivity index (χ3n) is 3.80. The van der Waals surface area contributed by atoms with E-state index >= 15 is 0 Å². The van der Waals surface area contributed by atoms with Crippen LogP contribution < -0.4 is 5.73 Å². The lowest BCUT2D eigenvalue weighted by Gasteiger charge is -2.42. The van der Waals surface area contributed by atoms with Crippen LogP contribution in [0.1, 0.15) is 52.4 Å². The van der Waals surface area contributed by atoms with E-state index in [9.17, 15) is 14.7 Å². The highest BCUT2D eigenvalue weighted by Gasteiger charge is 2.44. The summed E-state index contributed by atoms with van der Waals surface area (Å²) >= 11 is 0. The van der Waals surface area contributed by atoms with E-state index in [1.165, 1.54) is 4.90 Å². The number of hydrogen-bond donors (Lipinski definition) is 2. The molecule has 1 unspecified atom stereocenters. The molecule has 1 heterocycles. The van der Waals surface area contributed by atoms with Crippen LogP contribution in [0.25, 0.3) is 0 Å². The third kappa shape index (κ3) is 3.02. The number of amides is 1. The highest BCUT2D eigenvalue weighted by atomic mass is 16.4. The lowest BCUT2D eigenvalue weighted by atomic mass is 9.87. The first-order valence-electron chi connectivity index (χ1n) is 6.74. The van der Waals surface area contributed by atoms with E-state index in [1.807, 2.05) is 6.92 Å². The molecule has 2 atom stereocenters. The molecule has 0 bridgehead atoms. The quantitative estimate of drug-likeness (QED) is 0.778. The van der Waals surface area contributed by atoms with Gasteiger partial charge >= 0.3 is 5.97 Å². The number of carbonyl (C=O) groups is 2. The molecule has 0 aliphatic carbocycles. The molecule has 0 spiro atoms. The average molecular weight is 256 g/mol. The van der Waals surface area contributed by atoms with Crippen LogP contribution in [0.5, 0.6) is 0 Å². The molecular formula is C13H24N2O3. The standard InChI is InChI=1S/C13H24N2O3/c1-3-4-7-10(14)11(16)15-9-6-5-8-13(15,2)12(17)18/h10H,3-9,14H2,1-2H3,(H,17,18)/t10-,13?/m0/s1. The van der Waals surface area contributed by atoms with Crippen molar-refractivity contribution in [3.8, 4) is 0 Å². The molecule has 1 rings (SSSR count). The summed E-state index contributed by atoms with van der Waals surface area (Å²) in [6.45, 7) is 4.17. The first-order chi connectivity index (χ1) is 8.43. The summed E-state index contributed by atoms with van der Waals surface area (Å²) in [5, 5.41) is 9.34. The van der Waals surface area contributed by atoms with E-state index in [-0.39, 0.29) is 5.91 Å². The number of carboxylic acid groups (broad SMARTS) is 1. The Labute approximate surface area is 108 Å². The molecule has 1 aliphatic rings. The molecule has 3 N–H and O–H groups in total. The molecule has 0 saturated carbocycles. The van der Waals surface area contributed by atoms with Crippen LogP contribution in [0.4, 0.5) is 0 Å². The zero-order valence-corrected chi connectivity index (χ0v) is 11.3. The first kappa shape index (κ1) is 15.0. The number of nitrogens with zero attached hydrogens (tertiary/aromatic N) is 1. The maximum absolute atomic E-state index is 12.3. The minimum absolute atomic E-state index is 0.215. The second-order valence-electron chi connectivity index (χ2n) is 5.27. The van der Waals surface area contributed by atoms with Gasteiger partial charge in [-0.2, -0.15) is 0 Å². The Morgan fingerprint density at radius 1 is 1.44 bits per heavy atom. The van der Waals surface area contributed by atoms with Crippen molar-refractivity contribution in [1.29, 1.82) is 0 Å². The monoisotopic (exact) mass is 256 g/mol. The first-order valence-corrected chi connectivity index (χ1v) is 6.74. The highest BCUT2D eigenvalue weighted by Crippen LogP contribution is 2.29. The van der Waals surface area contributed by atoms with E-state index in [0.29, 0.717) is 19.4 Å². The molecule has 5 nitrogen and oxygen atoms in total. The minimum atomic E-state index is -1.08. The normalized spacial score (nSPS) is 25.8. The molecule has 0 aromatic rings. The number of carboxylic acids is 1. The Morgan fingerprint density at radius 3 is 2.67 bits per heavy atom. The molecule has 1 fully saturated rings. The zero-order chi connectivity index (χ0) is 13.8. The van der Waals surface area contributed by atoms with E-state index < -0.39 is 17.6 Å². The molecule has 0 radical (unpaired) electrons. The van der Waals surface area contributed by atoms with Gasteiger partial charge in [0.05, 0.1) is 6.04 Å². The highest BCUT2D eigenvalue weighted by molar-refractivity contribution is 5.89. The van der Waals surface area contributed by atoms with E-state index in [4.69, 9.17) is 5.73 Å². The summed E-state index contributed by atoms with van der Waals surface area (Å²) in [6, 6.07) is -0.568. The van der Waals surface area contributed by atoms with Gasteiger partial charge in [-0.15, -0.1) is 0 Å². The molecule has 1 saturated heterocycles. The third-order valence-corrected chi connectivity index (χ3v) is 3.80. The number of rotatable bonds is 5. The van der Waals surface area contributed by atoms with Gasteiger partial charge in [0.15, 0.2) is 0 Å².